The molecule has 4 rings (SSSR count). The molecule has 0 aliphatic rings. The van der Waals surface area contributed by atoms with Gasteiger partial charge in [0.2, 0.25) is 0 Å². The van der Waals surface area contributed by atoms with E-state index in [2.05, 4.69) is 100 Å². The summed E-state index contributed by atoms with van der Waals surface area (Å²) >= 11 is 0. The quantitative estimate of drug-likeness (QED) is 0.348. The van der Waals surface area contributed by atoms with Crippen molar-refractivity contribution in [3.63, 3.8) is 0 Å². The Hall–Kier alpha value is -0.600. The fourth-order valence-electron chi connectivity index (χ4n) is 4.22. The van der Waals surface area contributed by atoms with Crippen LogP contribution < -0.4 is 0 Å². The maximum absolute atomic E-state index is 2.41. The summed E-state index contributed by atoms with van der Waals surface area (Å²) in [6, 6.07) is 26.7. The molecule has 4 aromatic rings. The van der Waals surface area contributed by atoms with E-state index in [1.807, 2.05) is 0 Å². The van der Waals surface area contributed by atoms with Gasteiger partial charge in [0, 0.05) is 0 Å². The third-order valence-corrected chi connectivity index (χ3v) is 5.38. The van der Waals surface area contributed by atoms with E-state index in [-0.39, 0.29) is 59.1 Å². The first-order valence-corrected chi connectivity index (χ1v) is 9.61. The molecule has 0 N–H and O–H groups in total. The number of hydrogen-bond donors (Lipinski definition) is 0. The first-order chi connectivity index (χ1) is 12.6. The topological polar surface area (TPSA) is 0 Å². The molecule has 2 heteroatoms. The van der Waals surface area contributed by atoms with Crippen LogP contribution in [0.3, 0.4) is 0 Å². The van der Waals surface area contributed by atoms with Gasteiger partial charge in [0.15, 0.2) is 0 Å². The van der Waals surface area contributed by atoms with Crippen LogP contribution in [0.1, 0.15) is 50.7 Å². The van der Waals surface area contributed by atoms with Crippen molar-refractivity contribution in [2.75, 3.05) is 0 Å². The van der Waals surface area contributed by atoms with Gasteiger partial charge in [-0.05, 0) is 55.6 Å². The number of benzene rings is 4. The van der Waals surface area contributed by atoms with Crippen molar-refractivity contribution in [1.29, 1.82) is 0 Å². The maximum atomic E-state index is 2.41. The third kappa shape index (κ3) is 4.29. The van der Waals surface area contributed by atoms with Gasteiger partial charge in [0.25, 0.3) is 0 Å². The number of hydrogen-bond acceptors (Lipinski definition) is 0. The van der Waals surface area contributed by atoms with Crippen molar-refractivity contribution in [3.05, 3.63) is 83.9 Å². The molecule has 0 saturated heterocycles. The third-order valence-electron chi connectivity index (χ3n) is 5.38. The SMILES string of the molecule is CC(C)c1cc2ccccc2c(-c2cccc3ccccc23)c1C(C)C.[NaH].[NaH]. The van der Waals surface area contributed by atoms with Gasteiger partial charge in [0.1, 0.15) is 0 Å². The van der Waals surface area contributed by atoms with E-state index >= 15 is 0 Å². The molecule has 0 fully saturated rings. The zero-order valence-corrected chi connectivity index (χ0v) is 16.1. The summed E-state index contributed by atoms with van der Waals surface area (Å²) in [4.78, 5) is 0. The molecular weight excluding hydrogens is 358 g/mol. The fraction of sp³-hybridized carbons (Fsp3) is 0.231. The molecule has 0 bridgehead atoms. The van der Waals surface area contributed by atoms with Crippen molar-refractivity contribution in [2.24, 2.45) is 0 Å². The molecule has 0 aromatic heterocycles. The van der Waals surface area contributed by atoms with Crippen molar-refractivity contribution in [1.82, 2.24) is 0 Å². The average Bonchev–Trinajstić information content (AvgIpc) is 2.65. The van der Waals surface area contributed by atoms with E-state index in [4.69, 9.17) is 0 Å². The molecule has 0 unspecified atom stereocenters. The van der Waals surface area contributed by atoms with Gasteiger partial charge in [-0.1, -0.05) is 100 Å². The van der Waals surface area contributed by atoms with E-state index in [1.165, 1.54) is 43.8 Å². The molecule has 134 valence electrons. The predicted molar refractivity (Wildman–Crippen MR) is 129 cm³/mol. The van der Waals surface area contributed by atoms with E-state index in [0.717, 1.165) is 0 Å². The minimum absolute atomic E-state index is 0. The zero-order chi connectivity index (χ0) is 18.3. The van der Waals surface area contributed by atoms with Gasteiger partial charge in [-0.25, -0.2) is 0 Å². The molecular formula is C26H28Na2. The van der Waals surface area contributed by atoms with Crippen LogP contribution in [0.15, 0.2) is 72.8 Å². The minimum atomic E-state index is 0. The van der Waals surface area contributed by atoms with E-state index < -0.39 is 0 Å². The van der Waals surface area contributed by atoms with Crippen LogP contribution in [0, 0.1) is 0 Å². The first-order valence-electron chi connectivity index (χ1n) is 9.61. The van der Waals surface area contributed by atoms with Gasteiger partial charge in [-0.2, -0.15) is 0 Å². The van der Waals surface area contributed by atoms with Crippen LogP contribution in [0.4, 0.5) is 0 Å². The molecule has 0 spiro atoms. The summed E-state index contributed by atoms with van der Waals surface area (Å²) in [6.07, 6.45) is 0. The molecule has 0 radical (unpaired) electrons. The van der Waals surface area contributed by atoms with Gasteiger partial charge in [-0.15, -0.1) is 0 Å². The Morgan fingerprint density at radius 2 is 1.14 bits per heavy atom. The van der Waals surface area contributed by atoms with Crippen molar-refractivity contribution >= 4 is 80.7 Å². The van der Waals surface area contributed by atoms with Crippen molar-refractivity contribution in [2.45, 2.75) is 39.5 Å². The van der Waals surface area contributed by atoms with Gasteiger partial charge in [-0.3, -0.25) is 0 Å². The summed E-state index contributed by atoms with van der Waals surface area (Å²) < 4.78 is 0. The van der Waals surface area contributed by atoms with Gasteiger partial charge >= 0.3 is 59.1 Å². The molecule has 0 amide bonds. The Kier molecular flexibility index (Phi) is 8.40. The van der Waals surface area contributed by atoms with Crippen LogP contribution in [-0.4, -0.2) is 59.1 Å². The normalized spacial score (nSPS) is 10.9. The van der Waals surface area contributed by atoms with Crippen molar-refractivity contribution in [3.8, 4) is 11.1 Å². The molecule has 28 heavy (non-hydrogen) atoms. The zero-order valence-electron chi connectivity index (χ0n) is 16.1. The van der Waals surface area contributed by atoms with Crippen LogP contribution in [-0.2, 0) is 0 Å². The summed E-state index contributed by atoms with van der Waals surface area (Å²) in [5.74, 6) is 0.983. The van der Waals surface area contributed by atoms with E-state index in [9.17, 15) is 0 Å². The second kappa shape index (κ2) is 9.94. The summed E-state index contributed by atoms with van der Waals surface area (Å²) in [6.45, 7) is 9.26. The fourth-order valence-corrected chi connectivity index (χ4v) is 4.22. The van der Waals surface area contributed by atoms with Crippen molar-refractivity contribution < 1.29 is 0 Å². The second-order valence-electron chi connectivity index (χ2n) is 7.81. The Labute approximate surface area is 213 Å². The monoisotopic (exact) mass is 386 g/mol. The molecule has 0 saturated carbocycles. The second-order valence-corrected chi connectivity index (χ2v) is 7.81. The Bertz CT molecular complexity index is 1090. The Morgan fingerprint density at radius 3 is 1.79 bits per heavy atom. The van der Waals surface area contributed by atoms with Crippen LogP contribution >= 0.6 is 0 Å². The Balaban J connectivity index is 0.00000140. The van der Waals surface area contributed by atoms with Gasteiger partial charge < -0.3 is 0 Å². The Morgan fingerprint density at radius 1 is 0.571 bits per heavy atom. The molecule has 0 heterocycles. The van der Waals surface area contributed by atoms with Crippen LogP contribution in [0.2, 0.25) is 0 Å². The molecule has 0 aliphatic carbocycles. The van der Waals surface area contributed by atoms with E-state index in [0.29, 0.717) is 11.8 Å². The standard InChI is InChI=1S/C26H26.2Na.2H/c1-17(2)24-16-20-11-6-8-14-22(20)26(25(24)18(3)4)23-15-9-12-19-10-5-7-13-21(19)23;;;;/h5-18H,1-4H3;;;;. The van der Waals surface area contributed by atoms with Gasteiger partial charge in [0.05, 0.1) is 0 Å². The molecule has 0 nitrogen and oxygen atoms in total. The predicted octanol–water partition coefficient (Wildman–Crippen LogP) is 6.61. The van der Waals surface area contributed by atoms with E-state index in [1.54, 1.807) is 0 Å². The average molecular weight is 386 g/mol. The number of fused-ring (bicyclic) bond motifs is 2. The summed E-state index contributed by atoms with van der Waals surface area (Å²) in [5.41, 5.74) is 5.74. The molecule has 4 aromatic carbocycles. The molecule has 0 atom stereocenters. The first kappa shape index (κ1) is 23.7. The molecule has 0 aliphatic heterocycles. The van der Waals surface area contributed by atoms with Crippen LogP contribution in [0.5, 0.6) is 0 Å². The number of rotatable bonds is 3. The van der Waals surface area contributed by atoms with Crippen LogP contribution in [0.25, 0.3) is 32.7 Å². The summed E-state index contributed by atoms with van der Waals surface area (Å²) in [7, 11) is 0. The summed E-state index contributed by atoms with van der Waals surface area (Å²) in [5, 5.41) is 5.34.